The van der Waals surface area contributed by atoms with Crippen LogP contribution >= 0.6 is 7.60 Å². The second kappa shape index (κ2) is 9.07. The molecule has 0 saturated heterocycles. The molecule has 0 saturated carbocycles. The van der Waals surface area contributed by atoms with Gasteiger partial charge in [0.05, 0.1) is 25.6 Å². The number of alkyl halides is 3. The highest BCUT2D eigenvalue weighted by molar-refractivity contribution is 7.58. The minimum atomic E-state index is -5.50. The summed E-state index contributed by atoms with van der Waals surface area (Å²) in [5.74, 6) is -1.98. The van der Waals surface area contributed by atoms with Gasteiger partial charge >= 0.3 is 25.8 Å². The van der Waals surface area contributed by atoms with Crippen LogP contribution in [0.25, 0.3) is 0 Å². The third-order valence-corrected chi connectivity index (χ3v) is 5.16. The predicted molar refractivity (Wildman–Crippen MR) is 90.2 cm³/mol. The first-order valence-corrected chi connectivity index (χ1v) is 9.40. The molecule has 0 aromatic heterocycles. The van der Waals surface area contributed by atoms with Crippen molar-refractivity contribution in [2.45, 2.75) is 51.9 Å². The summed E-state index contributed by atoms with van der Waals surface area (Å²) < 4.78 is 73.6. The van der Waals surface area contributed by atoms with Crippen molar-refractivity contribution in [3.05, 3.63) is 11.9 Å². The number of hydrogen-bond acceptors (Lipinski definition) is 7. The lowest BCUT2D eigenvalue weighted by Crippen LogP contribution is -2.65. The molecule has 0 aliphatic carbocycles. The molecule has 0 aromatic rings. The summed E-state index contributed by atoms with van der Waals surface area (Å²) in [5.41, 5.74) is -5.09. The lowest BCUT2D eigenvalue weighted by molar-refractivity contribution is -0.201. The maximum Gasteiger partial charge on any atom is 0.427 e. The molecule has 0 bridgehead atoms. The van der Waals surface area contributed by atoms with Gasteiger partial charge in [0.2, 0.25) is 0 Å². The Morgan fingerprint density at radius 1 is 1.07 bits per heavy atom. The molecule has 0 spiro atoms. The van der Waals surface area contributed by atoms with E-state index in [1.807, 2.05) is 0 Å². The van der Waals surface area contributed by atoms with E-state index in [-0.39, 0.29) is 13.2 Å². The van der Waals surface area contributed by atoms with Crippen molar-refractivity contribution < 1.29 is 45.8 Å². The zero-order valence-corrected chi connectivity index (χ0v) is 17.0. The van der Waals surface area contributed by atoms with Crippen LogP contribution in [0.2, 0.25) is 0 Å². The highest BCUT2D eigenvalue weighted by atomic mass is 31.2. The van der Waals surface area contributed by atoms with Gasteiger partial charge in [-0.1, -0.05) is 6.58 Å². The Morgan fingerprint density at radius 2 is 1.52 bits per heavy atom. The summed E-state index contributed by atoms with van der Waals surface area (Å²) in [6.45, 7) is 9.42. The number of ether oxygens (including phenoxy) is 2. The van der Waals surface area contributed by atoms with Gasteiger partial charge in [-0.05, 0) is 34.6 Å². The Balaban J connectivity index is 6.48. The van der Waals surface area contributed by atoms with Gasteiger partial charge in [0, 0.05) is 0 Å². The molecular formula is C15H25F3NO7P. The van der Waals surface area contributed by atoms with E-state index in [1.165, 1.54) is 39.9 Å². The average molecular weight is 419 g/mol. The first-order chi connectivity index (χ1) is 12.1. The maximum atomic E-state index is 14.0. The number of halogens is 3. The molecule has 27 heavy (non-hydrogen) atoms. The Morgan fingerprint density at radius 3 is 1.81 bits per heavy atom. The van der Waals surface area contributed by atoms with Crippen molar-refractivity contribution in [2.75, 3.05) is 20.3 Å². The van der Waals surface area contributed by atoms with Crippen LogP contribution in [0.5, 0.6) is 0 Å². The Kier molecular flexibility index (Phi) is 8.54. The van der Waals surface area contributed by atoms with Gasteiger partial charge in [-0.15, -0.1) is 0 Å². The fourth-order valence-corrected chi connectivity index (χ4v) is 3.69. The third kappa shape index (κ3) is 5.95. The number of carbonyl (C=O) groups is 2. The number of rotatable bonds is 8. The quantitative estimate of drug-likeness (QED) is 0.472. The van der Waals surface area contributed by atoms with E-state index in [9.17, 15) is 27.3 Å². The van der Waals surface area contributed by atoms with Gasteiger partial charge in [0.1, 0.15) is 5.60 Å². The molecule has 0 aliphatic heterocycles. The molecule has 8 nitrogen and oxygen atoms in total. The molecule has 1 N–H and O–H groups in total. The Hall–Kier alpha value is -1.58. The number of amides is 1. The van der Waals surface area contributed by atoms with Gasteiger partial charge < -0.3 is 18.5 Å². The lowest BCUT2D eigenvalue weighted by Gasteiger charge is -2.37. The average Bonchev–Trinajstić information content (AvgIpc) is 2.48. The van der Waals surface area contributed by atoms with Crippen LogP contribution < -0.4 is 5.32 Å². The summed E-state index contributed by atoms with van der Waals surface area (Å²) in [6.07, 6.45) is -7.11. The summed E-state index contributed by atoms with van der Waals surface area (Å²) in [4.78, 5) is 24.2. The molecule has 0 radical (unpaired) electrons. The normalized spacial score (nSPS) is 14.9. The number of nitrogens with one attached hydrogen (secondary N) is 1. The van der Waals surface area contributed by atoms with Crippen molar-refractivity contribution in [2.24, 2.45) is 0 Å². The predicted octanol–water partition coefficient (Wildman–Crippen LogP) is 3.77. The highest BCUT2D eigenvalue weighted by Gasteiger charge is 2.69. The molecule has 1 atom stereocenters. The van der Waals surface area contributed by atoms with Crippen molar-refractivity contribution >= 4 is 19.7 Å². The number of hydrogen-bond donors (Lipinski definition) is 1. The molecule has 0 aliphatic rings. The number of alkyl carbamates (subject to hydrolysis) is 1. The summed E-state index contributed by atoms with van der Waals surface area (Å²) >= 11 is 0. The first-order valence-electron chi connectivity index (χ1n) is 7.86. The second-order valence-corrected chi connectivity index (χ2v) is 8.20. The summed E-state index contributed by atoms with van der Waals surface area (Å²) in [7, 11) is -4.02. The molecule has 12 heteroatoms. The third-order valence-electron chi connectivity index (χ3n) is 2.97. The van der Waals surface area contributed by atoms with Gasteiger partial charge in [-0.3, -0.25) is 9.88 Å². The van der Waals surface area contributed by atoms with E-state index in [0.29, 0.717) is 7.11 Å². The monoisotopic (exact) mass is 419 g/mol. The largest absolute Gasteiger partial charge is 0.467 e. The van der Waals surface area contributed by atoms with Crippen LogP contribution in [0.1, 0.15) is 34.6 Å². The molecule has 1 unspecified atom stereocenters. The number of carbonyl (C=O) groups excluding carboxylic acids is 2. The van der Waals surface area contributed by atoms with E-state index in [4.69, 9.17) is 13.8 Å². The molecule has 0 heterocycles. The summed E-state index contributed by atoms with van der Waals surface area (Å²) in [6, 6.07) is 0. The molecule has 0 aromatic carbocycles. The zero-order chi connectivity index (χ0) is 21.7. The van der Waals surface area contributed by atoms with Gasteiger partial charge in [0.25, 0.3) is 5.54 Å². The zero-order valence-electron chi connectivity index (χ0n) is 16.1. The Bertz CT molecular complexity index is 606. The molecule has 1 amide bonds. The van der Waals surface area contributed by atoms with Crippen LogP contribution in [0.3, 0.4) is 0 Å². The van der Waals surface area contributed by atoms with E-state index in [1.54, 1.807) is 0 Å². The fourth-order valence-electron chi connectivity index (χ4n) is 1.94. The van der Waals surface area contributed by atoms with Crippen molar-refractivity contribution in [1.29, 1.82) is 0 Å². The van der Waals surface area contributed by atoms with Crippen molar-refractivity contribution in [3.63, 3.8) is 0 Å². The fraction of sp³-hybridized carbons (Fsp3) is 0.733. The number of methoxy groups -OCH3 is 1. The lowest BCUT2D eigenvalue weighted by atomic mass is 9.99. The van der Waals surface area contributed by atoms with E-state index >= 15 is 0 Å². The van der Waals surface area contributed by atoms with Gasteiger partial charge in [0.15, 0.2) is 0 Å². The van der Waals surface area contributed by atoms with Crippen LogP contribution in [-0.4, -0.2) is 49.7 Å². The molecule has 0 fully saturated rings. The van der Waals surface area contributed by atoms with Crippen LogP contribution in [0, 0.1) is 0 Å². The van der Waals surface area contributed by atoms with E-state index < -0.39 is 42.3 Å². The standard InChI is InChI=1S/C15H25F3NO7P/c1-8-24-27(22,25-9-2)10(3)14(11(20)23-7,15(16,17)18)19-12(21)26-13(4,5)6/h3,8-9H2,1-2,4-7H3,(H,19,21). The van der Waals surface area contributed by atoms with Crippen molar-refractivity contribution in [3.8, 4) is 0 Å². The summed E-state index contributed by atoms with van der Waals surface area (Å²) in [5, 5.41) is 0.0639. The van der Waals surface area contributed by atoms with Crippen LogP contribution in [0.15, 0.2) is 11.9 Å². The molecular weight excluding hydrogens is 394 g/mol. The van der Waals surface area contributed by atoms with E-state index in [0.717, 1.165) is 0 Å². The van der Waals surface area contributed by atoms with Gasteiger partial charge in [-0.25, -0.2) is 9.59 Å². The SMILES string of the molecule is C=C(C(NC(=O)OC(C)(C)C)(C(=O)OC)C(F)(F)F)P(=O)(OCC)OCC. The number of esters is 1. The molecule has 158 valence electrons. The second-order valence-electron chi connectivity index (χ2n) is 6.15. The minimum Gasteiger partial charge on any atom is -0.467 e. The highest BCUT2D eigenvalue weighted by Crippen LogP contribution is 2.61. The van der Waals surface area contributed by atoms with Crippen LogP contribution in [-0.2, 0) is 27.9 Å². The van der Waals surface area contributed by atoms with E-state index in [2.05, 4.69) is 11.3 Å². The molecule has 0 rings (SSSR count). The van der Waals surface area contributed by atoms with Gasteiger partial charge in [-0.2, -0.15) is 13.2 Å². The van der Waals surface area contributed by atoms with Crippen molar-refractivity contribution in [1.82, 2.24) is 5.32 Å². The smallest absolute Gasteiger partial charge is 0.427 e. The topological polar surface area (TPSA) is 100 Å². The maximum absolute atomic E-state index is 14.0. The minimum absolute atomic E-state index is 0.308. The first kappa shape index (κ1) is 25.4. The Labute approximate surface area is 155 Å². The van der Waals surface area contributed by atoms with Crippen LogP contribution in [0.4, 0.5) is 18.0 Å².